The number of nitrogens with one attached hydrogen (secondary N) is 1. The number of para-hydroxylation sites is 2. The van der Waals surface area contributed by atoms with Crippen LogP contribution in [0.15, 0.2) is 81.8 Å². The van der Waals surface area contributed by atoms with Crippen molar-refractivity contribution in [1.29, 1.82) is 0 Å². The molecule has 2 heterocycles. The van der Waals surface area contributed by atoms with Crippen LogP contribution in [0.3, 0.4) is 0 Å². The quantitative estimate of drug-likeness (QED) is 0.293. The Morgan fingerprint density at radius 3 is 2.52 bits per heavy atom. The van der Waals surface area contributed by atoms with Crippen molar-refractivity contribution in [2.75, 3.05) is 0 Å². The van der Waals surface area contributed by atoms with Crippen LogP contribution in [-0.4, -0.2) is 22.0 Å². The maximum atomic E-state index is 12.9. The van der Waals surface area contributed by atoms with Crippen molar-refractivity contribution < 1.29 is 14.0 Å². The van der Waals surface area contributed by atoms with Crippen LogP contribution < -0.4 is 5.32 Å². The fourth-order valence-corrected chi connectivity index (χ4v) is 4.15. The molecule has 2 aromatic carbocycles. The second-order valence-electron chi connectivity index (χ2n) is 5.63. The molecule has 0 aliphatic carbocycles. The first-order chi connectivity index (χ1) is 13.2. The van der Waals surface area contributed by atoms with Gasteiger partial charge in [0.15, 0.2) is 5.58 Å². The lowest BCUT2D eigenvalue weighted by Crippen LogP contribution is -2.38. The third-order valence-electron chi connectivity index (χ3n) is 3.79. The SMILES string of the molecule is O=C(NC(Sc1nc2ccccc2o1)C(=O)c1cccs1)c1ccccc1. The van der Waals surface area contributed by atoms with E-state index in [9.17, 15) is 9.59 Å². The largest absolute Gasteiger partial charge is 0.431 e. The van der Waals surface area contributed by atoms with E-state index in [1.165, 1.54) is 11.3 Å². The second-order valence-corrected chi connectivity index (χ2v) is 7.63. The first kappa shape index (κ1) is 17.5. The minimum absolute atomic E-state index is 0.193. The van der Waals surface area contributed by atoms with E-state index < -0.39 is 5.37 Å². The van der Waals surface area contributed by atoms with Gasteiger partial charge >= 0.3 is 0 Å². The summed E-state index contributed by atoms with van der Waals surface area (Å²) in [5.41, 5.74) is 1.83. The predicted molar refractivity (Wildman–Crippen MR) is 106 cm³/mol. The number of thioether (sulfide) groups is 1. The van der Waals surface area contributed by atoms with Crippen molar-refractivity contribution in [2.45, 2.75) is 10.6 Å². The highest BCUT2D eigenvalue weighted by Crippen LogP contribution is 2.28. The molecule has 0 saturated carbocycles. The zero-order valence-corrected chi connectivity index (χ0v) is 15.6. The van der Waals surface area contributed by atoms with Gasteiger partial charge in [-0.25, -0.2) is 4.98 Å². The van der Waals surface area contributed by atoms with Crippen molar-refractivity contribution in [1.82, 2.24) is 10.3 Å². The van der Waals surface area contributed by atoms with Crippen molar-refractivity contribution >= 4 is 45.9 Å². The number of nitrogens with zero attached hydrogens (tertiary/aromatic N) is 1. The van der Waals surface area contributed by atoms with Gasteiger partial charge in [0.2, 0.25) is 5.78 Å². The average Bonchev–Trinajstić information content (AvgIpc) is 3.37. The summed E-state index contributed by atoms with van der Waals surface area (Å²) in [5.74, 6) is -0.518. The first-order valence-electron chi connectivity index (χ1n) is 8.16. The average molecular weight is 394 g/mol. The lowest BCUT2D eigenvalue weighted by molar-refractivity contribution is 0.0893. The summed E-state index contributed by atoms with van der Waals surface area (Å²) in [7, 11) is 0. The lowest BCUT2D eigenvalue weighted by Gasteiger charge is -2.15. The molecular weight excluding hydrogens is 380 g/mol. The van der Waals surface area contributed by atoms with Gasteiger partial charge in [0.1, 0.15) is 10.9 Å². The molecule has 0 radical (unpaired) electrons. The van der Waals surface area contributed by atoms with Gasteiger partial charge in [0.05, 0.1) is 4.88 Å². The Hall–Kier alpha value is -2.90. The number of carbonyl (C=O) groups is 2. The molecule has 134 valence electrons. The number of fused-ring (bicyclic) bond motifs is 1. The summed E-state index contributed by atoms with van der Waals surface area (Å²) in [6, 6.07) is 19.7. The van der Waals surface area contributed by atoms with Crippen LogP contribution in [0.2, 0.25) is 0 Å². The molecule has 4 aromatic rings. The Labute approximate surface area is 163 Å². The van der Waals surface area contributed by atoms with Gasteiger partial charge in [0.25, 0.3) is 11.1 Å². The van der Waals surface area contributed by atoms with Gasteiger partial charge in [-0.2, -0.15) is 0 Å². The lowest BCUT2D eigenvalue weighted by atomic mass is 10.2. The van der Waals surface area contributed by atoms with Crippen LogP contribution in [0.25, 0.3) is 11.1 Å². The number of amides is 1. The topological polar surface area (TPSA) is 72.2 Å². The van der Waals surface area contributed by atoms with Crippen LogP contribution in [0.4, 0.5) is 0 Å². The number of aromatic nitrogens is 1. The van der Waals surface area contributed by atoms with E-state index >= 15 is 0 Å². The Bertz CT molecular complexity index is 1040. The van der Waals surface area contributed by atoms with E-state index in [0.29, 0.717) is 26.8 Å². The smallest absolute Gasteiger partial charge is 0.259 e. The summed E-state index contributed by atoms with van der Waals surface area (Å²) in [6.07, 6.45) is 0. The number of carbonyl (C=O) groups excluding carboxylic acids is 2. The van der Waals surface area contributed by atoms with Crippen molar-refractivity contribution in [3.8, 4) is 0 Å². The van der Waals surface area contributed by atoms with Gasteiger partial charge < -0.3 is 9.73 Å². The third kappa shape index (κ3) is 3.94. The second kappa shape index (κ2) is 7.77. The molecule has 27 heavy (non-hydrogen) atoms. The van der Waals surface area contributed by atoms with Gasteiger partial charge in [-0.15, -0.1) is 11.3 Å². The van der Waals surface area contributed by atoms with Crippen molar-refractivity contribution in [3.63, 3.8) is 0 Å². The summed E-state index contributed by atoms with van der Waals surface area (Å²) in [5, 5.41) is 4.11. The highest BCUT2D eigenvalue weighted by atomic mass is 32.2. The monoisotopic (exact) mass is 394 g/mol. The van der Waals surface area contributed by atoms with Crippen LogP contribution in [-0.2, 0) is 0 Å². The molecule has 1 amide bonds. The predicted octanol–water partition coefficient (Wildman–Crippen LogP) is 4.62. The zero-order chi connectivity index (χ0) is 18.6. The number of rotatable bonds is 6. The van der Waals surface area contributed by atoms with E-state index in [1.54, 1.807) is 36.4 Å². The van der Waals surface area contributed by atoms with Gasteiger partial charge in [-0.05, 0) is 47.5 Å². The first-order valence-corrected chi connectivity index (χ1v) is 9.92. The number of benzene rings is 2. The fourth-order valence-electron chi connectivity index (χ4n) is 2.49. The Balaban J connectivity index is 1.61. The Morgan fingerprint density at radius 2 is 1.78 bits per heavy atom. The highest BCUT2D eigenvalue weighted by Gasteiger charge is 2.26. The van der Waals surface area contributed by atoms with E-state index in [4.69, 9.17) is 4.42 Å². The molecule has 2 aromatic heterocycles. The molecule has 1 unspecified atom stereocenters. The standard InChI is InChI=1S/C20H14N2O3S2/c23-17(16-11-6-12-26-16)19(22-18(24)13-7-2-1-3-8-13)27-20-21-14-9-4-5-10-15(14)25-20/h1-12,19H,(H,22,24). The molecule has 5 nitrogen and oxygen atoms in total. The van der Waals surface area contributed by atoms with Crippen molar-refractivity contribution in [2.24, 2.45) is 0 Å². The van der Waals surface area contributed by atoms with E-state index in [1.807, 2.05) is 35.7 Å². The highest BCUT2D eigenvalue weighted by molar-refractivity contribution is 8.00. The summed E-state index contributed by atoms with van der Waals surface area (Å²) in [4.78, 5) is 30.4. The normalized spacial score (nSPS) is 12.0. The number of hydrogen-bond acceptors (Lipinski definition) is 6. The summed E-state index contributed by atoms with van der Waals surface area (Å²) in [6.45, 7) is 0. The number of hydrogen-bond donors (Lipinski definition) is 1. The molecular formula is C20H14N2O3S2. The van der Waals surface area contributed by atoms with E-state index in [0.717, 1.165) is 11.8 Å². The Morgan fingerprint density at radius 1 is 1.00 bits per heavy atom. The number of Topliss-reactive ketones (excluding diaryl/α,β-unsaturated/α-hetero) is 1. The fraction of sp³-hybridized carbons (Fsp3) is 0.0500. The van der Waals surface area contributed by atoms with Crippen LogP contribution >= 0.6 is 23.1 Å². The van der Waals surface area contributed by atoms with Crippen LogP contribution in [0.5, 0.6) is 0 Å². The molecule has 0 saturated heterocycles. The molecule has 0 fully saturated rings. The molecule has 0 spiro atoms. The molecule has 1 atom stereocenters. The number of oxazole rings is 1. The van der Waals surface area contributed by atoms with Crippen LogP contribution in [0, 0.1) is 0 Å². The van der Waals surface area contributed by atoms with E-state index in [-0.39, 0.29) is 11.7 Å². The summed E-state index contributed by atoms with van der Waals surface area (Å²) >= 11 is 2.42. The van der Waals surface area contributed by atoms with Gasteiger partial charge in [0, 0.05) is 5.56 Å². The zero-order valence-electron chi connectivity index (χ0n) is 14.0. The summed E-state index contributed by atoms with van der Waals surface area (Å²) < 4.78 is 5.71. The maximum absolute atomic E-state index is 12.9. The van der Waals surface area contributed by atoms with Crippen LogP contribution in [0.1, 0.15) is 20.0 Å². The molecule has 1 N–H and O–H groups in total. The third-order valence-corrected chi connectivity index (χ3v) is 5.62. The van der Waals surface area contributed by atoms with Crippen molar-refractivity contribution in [3.05, 3.63) is 82.6 Å². The maximum Gasteiger partial charge on any atom is 0.259 e. The Kier molecular flexibility index (Phi) is 5.04. The van der Waals surface area contributed by atoms with Gasteiger partial charge in [-0.3, -0.25) is 9.59 Å². The van der Waals surface area contributed by atoms with Gasteiger partial charge in [-0.1, -0.05) is 36.4 Å². The molecule has 0 aliphatic heterocycles. The number of ketones is 1. The van der Waals surface area contributed by atoms with E-state index in [2.05, 4.69) is 10.3 Å². The molecule has 0 bridgehead atoms. The molecule has 4 rings (SSSR count). The minimum Gasteiger partial charge on any atom is -0.431 e. The number of thiophene rings is 1. The molecule has 0 aliphatic rings. The molecule has 7 heteroatoms. The minimum atomic E-state index is -0.843.